The van der Waals surface area contributed by atoms with Crippen LogP contribution in [0.15, 0.2) is 30.3 Å². The van der Waals surface area contributed by atoms with Crippen LogP contribution < -0.4 is 5.32 Å². The molecule has 1 fully saturated rings. The predicted octanol–water partition coefficient (Wildman–Crippen LogP) is 1.81. The lowest BCUT2D eigenvalue weighted by Crippen LogP contribution is -2.24. The zero-order valence-corrected chi connectivity index (χ0v) is 7.10. The lowest BCUT2D eigenvalue weighted by atomic mass is 10.1. The Hall–Kier alpha value is -1.51. The van der Waals surface area contributed by atoms with Crippen LogP contribution >= 0.6 is 0 Å². The van der Waals surface area contributed by atoms with Crippen molar-refractivity contribution in [3.63, 3.8) is 0 Å². The van der Waals surface area contributed by atoms with Crippen molar-refractivity contribution in [2.75, 3.05) is 0 Å². The molecule has 0 saturated heterocycles. The van der Waals surface area contributed by atoms with Crippen molar-refractivity contribution in [2.24, 2.45) is 0 Å². The zero-order valence-electron chi connectivity index (χ0n) is 7.10. The van der Waals surface area contributed by atoms with E-state index in [1.54, 1.807) is 0 Å². The van der Waals surface area contributed by atoms with Gasteiger partial charge in [0, 0.05) is 12.0 Å². The van der Waals surface area contributed by atoms with Crippen LogP contribution in [0, 0.1) is 0 Å². The minimum atomic E-state index is -0.927. The van der Waals surface area contributed by atoms with Gasteiger partial charge in [-0.15, -0.1) is 0 Å². The van der Waals surface area contributed by atoms with Crippen molar-refractivity contribution >= 4 is 6.09 Å². The summed E-state index contributed by atoms with van der Waals surface area (Å²) in [6.07, 6.45) is -0.000480. The fourth-order valence-corrected chi connectivity index (χ4v) is 1.58. The summed E-state index contributed by atoms with van der Waals surface area (Å²) in [7, 11) is 0. The molecule has 2 rings (SSSR count). The van der Waals surface area contributed by atoms with Gasteiger partial charge in [0.25, 0.3) is 0 Å². The number of hydrogen-bond donors (Lipinski definition) is 2. The molecule has 0 aromatic heterocycles. The highest BCUT2D eigenvalue weighted by Gasteiger charge is 2.39. The molecule has 1 saturated carbocycles. The van der Waals surface area contributed by atoms with Crippen molar-refractivity contribution in [1.82, 2.24) is 5.32 Å². The highest BCUT2D eigenvalue weighted by molar-refractivity contribution is 5.65. The van der Waals surface area contributed by atoms with Crippen molar-refractivity contribution in [1.29, 1.82) is 0 Å². The second kappa shape index (κ2) is 3.09. The number of hydrogen-bond acceptors (Lipinski definition) is 1. The molecule has 1 aliphatic carbocycles. The number of carboxylic acid groups (broad SMARTS) is 1. The first kappa shape index (κ1) is 8.10. The minimum Gasteiger partial charge on any atom is -0.465 e. The molecule has 3 heteroatoms. The van der Waals surface area contributed by atoms with Crippen LogP contribution in [-0.4, -0.2) is 17.2 Å². The lowest BCUT2D eigenvalue weighted by molar-refractivity contribution is 0.193. The molecular weight excluding hydrogens is 166 g/mol. The van der Waals surface area contributed by atoms with Crippen LogP contribution in [0.4, 0.5) is 4.79 Å². The molecule has 0 bridgehead atoms. The van der Waals surface area contributed by atoms with E-state index in [0.717, 1.165) is 6.42 Å². The number of benzene rings is 1. The van der Waals surface area contributed by atoms with Crippen LogP contribution in [0.3, 0.4) is 0 Å². The summed E-state index contributed by atoms with van der Waals surface area (Å²) >= 11 is 0. The lowest BCUT2D eigenvalue weighted by Gasteiger charge is -1.99. The van der Waals surface area contributed by atoms with Crippen LogP contribution in [0.5, 0.6) is 0 Å². The van der Waals surface area contributed by atoms with Crippen molar-refractivity contribution in [2.45, 2.75) is 18.4 Å². The topological polar surface area (TPSA) is 49.3 Å². The minimum absolute atomic E-state index is 0.125. The molecule has 1 amide bonds. The average molecular weight is 177 g/mol. The molecule has 3 nitrogen and oxygen atoms in total. The zero-order chi connectivity index (χ0) is 9.26. The second-order valence-corrected chi connectivity index (χ2v) is 3.31. The first-order valence-electron chi connectivity index (χ1n) is 4.32. The third-order valence-corrected chi connectivity index (χ3v) is 2.33. The Kier molecular flexibility index (Phi) is 1.93. The van der Waals surface area contributed by atoms with Crippen molar-refractivity contribution in [3.05, 3.63) is 35.9 Å². The molecule has 2 N–H and O–H groups in total. The smallest absolute Gasteiger partial charge is 0.404 e. The van der Waals surface area contributed by atoms with Crippen molar-refractivity contribution in [3.8, 4) is 0 Å². The highest BCUT2D eigenvalue weighted by Crippen LogP contribution is 2.40. The summed E-state index contributed by atoms with van der Waals surface area (Å²) in [5.74, 6) is 0.386. The Morgan fingerprint density at radius 3 is 2.69 bits per heavy atom. The molecule has 0 aliphatic heterocycles. The maximum Gasteiger partial charge on any atom is 0.404 e. The molecule has 0 unspecified atom stereocenters. The quantitative estimate of drug-likeness (QED) is 0.723. The van der Waals surface area contributed by atoms with Gasteiger partial charge in [0.05, 0.1) is 0 Å². The maximum absolute atomic E-state index is 10.3. The molecule has 68 valence electrons. The fraction of sp³-hybridized carbons (Fsp3) is 0.300. The fourth-order valence-electron chi connectivity index (χ4n) is 1.58. The van der Waals surface area contributed by atoms with E-state index in [1.165, 1.54) is 5.56 Å². The predicted molar refractivity (Wildman–Crippen MR) is 48.7 cm³/mol. The number of nitrogens with one attached hydrogen (secondary N) is 1. The van der Waals surface area contributed by atoms with E-state index < -0.39 is 6.09 Å². The van der Waals surface area contributed by atoms with Gasteiger partial charge in [0.15, 0.2) is 0 Å². The third kappa shape index (κ3) is 1.80. The van der Waals surface area contributed by atoms with E-state index in [-0.39, 0.29) is 6.04 Å². The highest BCUT2D eigenvalue weighted by atomic mass is 16.4. The van der Waals surface area contributed by atoms with E-state index in [1.807, 2.05) is 30.3 Å². The summed E-state index contributed by atoms with van der Waals surface area (Å²) in [6.45, 7) is 0. The van der Waals surface area contributed by atoms with Gasteiger partial charge in [-0.25, -0.2) is 4.79 Å². The molecule has 0 spiro atoms. The van der Waals surface area contributed by atoms with E-state index in [9.17, 15) is 4.79 Å². The van der Waals surface area contributed by atoms with Gasteiger partial charge in [0.2, 0.25) is 0 Å². The first-order chi connectivity index (χ1) is 6.27. The van der Waals surface area contributed by atoms with Gasteiger partial charge < -0.3 is 10.4 Å². The summed E-state index contributed by atoms with van der Waals surface area (Å²) < 4.78 is 0. The number of carbonyl (C=O) groups is 1. The van der Waals surface area contributed by atoms with Gasteiger partial charge in [-0.2, -0.15) is 0 Å². The molecule has 2 atom stereocenters. The van der Waals surface area contributed by atoms with Gasteiger partial charge in [-0.1, -0.05) is 30.3 Å². The molecule has 1 aliphatic rings. The van der Waals surface area contributed by atoms with E-state index in [2.05, 4.69) is 5.32 Å². The number of amides is 1. The molecular formula is C10H11NO2. The molecule has 1 aromatic rings. The Balaban J connectivity index is 1.97. The monoisotopic (exact) mass is 177 g/mol. The molecule has 13 heavy (non-hydrogen) atoms. The van der Waals surface area contributed by atoms with E-state index >= 15 is 0 Å². The SMILES string of the molecule is O=C(O)N[C@H]1C[C@@H]1c1ccccc1. The Morgan fingerprint density at radius 2 is 2.08 bits per heavy atom. The number of rotatable bonds is 2. The van der Waals surface area contributed by atoms with Gasteiger partial charge >= 0.3 is 6.09 Å². The Morgan fingerprint density at radius 1 is 1.38 bits per heavy atom. The second-order valence-electron chi connectivity index (χ2n) is 3.31. The Bertz CT molecular complexity index is 310. The van der Waals surface area contributed by atoms with Crippen LogP contribution in [0.2, 0.25) is 0 Å². The average Bonchev–Trinajstić information content (AvgIpc) is 2.84. The Labute approximate surface area is 76.4 Å². The normalized spacial score (nSPS) is 25.2. The third-order valence-electron chi connectivity index (χ3n) is 2.33. The van der Waals surface area contributed by atoms with E-state index in [0.29, 0.717) is 5.92 Å². The summed E-state index contributed by atoms with van der Waals surface area (Å²) in [6, 6.07) is 10.1. The molecule has 0 radical (unpaired) electrons. The van der Waals surface area contributed by atoms with Crippen molar-refractivity contribution < 1.29 is 9.90 Å². The molecule has 0 heterocycles. The summed E-state index contributed by atoms with van der Waals surface area (Å²) in [5.41, 5.74) is 1.22. The van der Waals surface area contributed by atoms with Gasteiger partial charge in [-0.3, -0.25) is 0 Å². The maximum atomic E-state index is 10.3. The largest absolute Gasteiger partial charge is 0.465 e. The van der Waals surface area contributed by atoms with Crippen LogP contribution in [0.1, 0.15) is 17.9 Å². The van der Waals surface area contributed by atoms with Gasteiger partial charge in [-0.05, 0) is 12.0 Å². The first-order valence-corrected chi connectivity index (χ1v) is 4.32. The van der Waals surface area contributed by atoms with Crippen LogP contribution in [0.25, 0.3) is 0 Å². The van der Waals surface area contributed by atoms with Gasteiger partial charge in [0.1, 0.15) is 0 Å². The van der Waals surface area contributed by atoms with Crippen LogP contribution in [-0.2, 0) is 0 Å². The summed E-state index contributed by atoms with van der Waals surface area (Å²) in [4.78, 5) is 10.3. The standard InChI is InChI=1S/C10H11NO2/c12-10(13)11-9-6-8(9)7-4-2-1-3-5-7/h1-5,8-9,11H,6H2,(H,12,13)/t8-,9+/m1/s1. The summed E-state index contributed by atoms with van der Waals surface area (Å²) in [5, 5.41) is 11.0. The molecule has 1 aromatic carbocycles. The van der Waals surface area contributed by atoms with E-state index in [4.69, 9.17) is 5.11 Å².